The SMILES string of the molecule is CC(C)(C)C(=O)n1nc(C2CN(S(=O)(=O)N3CCC(O)C3)CCC2C(F)(F)F)nc1OCc1ccc(F)cc1. The van der Waals surface area contributed by atoms with Crippen molar-refractivity contribution >= 4 is 16.1 Å². The van der Waals surface area contributed by atoms with Crippen molar-refractivity contribution in [2.24, 2.45) is 11.3 Å². The number of nitrogens with zero attached hydrogens (tertiary/aromatic N) is 5. The van der Waals surface area contributed by atoms with Crippen LogP contribution >= 0.6 is 0 Å². The van der Waals surface area contributed by atoms with Gasteiger partial charge in [0.2, 0.25) is 0 Å². The standard InChI is InChI=1S/C24H31F4N5O5S/c1-23(2,3)21(35)33-22(38-14-15-4-6-16(25)7-5-15)29-20(30-33)18-13-32(11-9-19(18)24(26,27)28)39(36,37)31-10-8-17(34)12-31/h4-7,17-19,34H,8-14H2,1-3H3. The highest BCUT2D eigenvalue weighted by Crippen LogP contribution is 2.43. The Balaban J connectivity index is 1.68. The summed E-state index contributed by atoms with van der Waals surface area (Å²) in [5, 5.41) is 13.9. The highest BCUT2D eigenvalue weighted by Gasteiger charge is 2.52. The number of carbonyl (C=O) groups excluding carboxylic acids is 1. The smallest absolute Gasteiger partial charge is 0.392 e. The van der Waals surface area contributed by atoms with Crippen LogP contribution in [0.15, 0.2) is 24.3 Å². The number of halogens is 4. The fourth-order valence-electron chi connectivity index (χ4n) is 4.61. The zero-order valence-corrected chi connectivity index (χ0v) is 22.5. The largest absolute Gasteiger partial charge is 0.458 e. The lowest BCUT2D eigenvalue weighted by atomic mass is 9.85. The number of carbonyl (C=O) groups is 1. The summed E-state index contributed by atoms with van der Waals surface area (Å²) < 4.78 is 90.4. The average Bonchev–Trinajstić information content (AvgIpc) is 3.48. The molecule has 0 radical (unpaired) electrons. The Kier molecular flexibility index (Phi) is 8.09. The topological polar surface area (TPSA) is 118 Å². The van der Waals surface area contributed by atoms with Crippen LogP contribution in [0.4, 0.5) is 17.6 Å². The van der Waals surface area contributed by atoms with Gasteiger partial charge >= 0.3 is 12.2 Å². The molecule has 3 heterocycles. The summed E-state index contributed by atoms with van der Waals surface area (Å²) in [5.41, 5.74) is -0.479. The number of benzene rings is 1. The number of piperidine rings is 1. The molecule has 2 aliphatic rings. The first kappa shape index (κ1) is 29.4. The van der Waals surface area contributed by atoms with E-state index < -0.39 is 64.4 Å². The molecular formula is C24H31F4N5O5S. The van der Waals surface area contributed by atoms with Crippen LogP contribution in [0, 0.1) is 17.2 Å². The Morgan fingerprint density at radius 1 is 1.08 bits per heavy atom. The van der Waals surface area contributed by atoms with E-state index in [9.17, 15) is 35.9 Å². The van der Waals surface area contributed by atoms with E-state index in [1.54, 1.807) is 20.8 Å². The van der Waals surface area contributed by atoms with Gasteiger partial charge in [0.15, 0.2) is 5.82 Å². The maximum absolute atomic E-state index is 14.1. The summed E-state index contributed by atoms with van der Waals surface area (Å²) >= 11 is 0. The fraction of sp³-hybridized carbons (Fsp3) is 0.625. The van der Waals surface area contributed by atoms with Gasteiger partial charge in [-0.05, 0) is 30.5 Å². The van der Waals surface area contributed by atoms with Crippen molar-refractivity contribution in [2.75, 3.05) is 26.2 Å². The third kappa shape index (κ3) is 6.42. The van der Waals surface area contributed by atoms with Crippen molar-refractivity contribution in [2.45, 2.75) is 58.4 Å². The summed E-state index contributed by atoms with van der Waals surface area (Å²) in [6.07, 6.45) is -5.82. The molecule has 3 unspecified atom stereocenters. The van der Waals surface area contributed by atoms with Gasteiger partial charge in [0.25, 0.3) is 16.1 Å². The second-order valence-corrected chi connectivity index (χ2v) is 12.8. The number of hydrogen-bond acceptors (Lipinski definition) is 7. The highest BCUT2D eigenvalue weighted by molar-refractivity contribution is 7.86. The highest BCUT2D eigenvalue weighted by atomic mass is 32.2. The minimum Gasteiger partial charge on any atom is -0.458 e. The second kappa shape index (κ2) is 10.7. The summed E-state index contributed by atoms with van der Waals surface area (Å²) in [6, 6.07) is 4.96. The molecule has 0 aliphatic carbocycles. The molecule has 0 bridgehead atoms. The van der Waals surface area contributed by atoms with E-state index >= 15 is 0 Å². The van der Waals surface area contributed by atoms with Crippen LogP contribution in [-0.4, -0.2) is 81.3 Å². The van der Waals surface area contributed by atoms with Gasteiger partial charge in [-0.25, -0.2) is 4.39 Å². The van der Waals surface area contributed by atoms with Gasteiger partial charge in [-0.1, -0.05) is 32.9 Å². The number of aliphatic hydroxyl groups excluding tert-OH is 1. The fourth-order valence-corrected chi connectivity index (χ4v) is 6.32. The molecule has 3 atom stereocenters. The molecule has 1 aromatic heterocycles. The summed E-state index contributed by atoms with van der Waals surface area (Å²) in [7, 11) is -4.15. The maximum atomic E-state index is 14.1. The summed E-state index contributed by atoms with van der Waals surface area (Å²) in [5.74, 6) is -4.90. The van der Waals surface area contributed by atoms with E-state index in [1.807, 2.05) is 0 Å². The molecule has 10 nitrogen and oxygen atoms in total. The average molecular weight is 578 g/mol. The normalized spacial score (nSPS) is 23.7. The van der Waals surface area contributed by atoms with Crippen molar-refractivity contribution in [3.8, 4) is 6.01 Å². The zero-order valence-electron chi connectivity index (χ0n) is 21.7. The van der Waals surface area contributed by atoms with Gasteiger partial charge in [-0.2, -0.15) is 35.2 Å². The number of hydrogen-bond donors (Lipinski definition) is 1. The van der Waals surface area contributed by atoms with Gasteiger partial charge in [0.05, 0.1) is 12.0 Å². The van der Waals surface area contributed by atoms with Gasteiger partial charge < -0.3 is 9.84 Å². The van der Waals surface area contributed by atoms with E-state index in [2.05, 4.69) is 10.1 Å². The van der Waals surface area contributed by atoms with Crippen LogP contribution in [0.1, 0.15) is 55.7 Å². The first-order valence-electron chi connectivity index (χ1n) is 12.5. The minimum absolute atomic E-state index is 0.0572. The lowest BCUT2D eigenvalue weighted by Gasteiger charge is -2.38. The maximum Gasteiger partial charge on any atom is 0.392 e. The summed E-state index contributed by atoms with van der Waals surface area (Å²) in [6.45, 7) is 3.60. The van der Waals surface area contributed by atoms with Crippen molar-refractivity contribution in [3.05, 3.63) is 41.5 Å². The molecule has 0 amide bonds. The van der Waals surface area contributed by atoms with Gasteiger partial charge in [0, 0.05) is 37.5 Å². The molecule has 39 heavy (non-hydrogen) atoms. The van der Waals surface area contributed by atoms with E-state index in [1.165, 1.54) is 24.3 Å². The molecule has 4 rings (SSSR count). The molecule has 2 fully saturated rings. The molecule has 15 heteroatoms. The molecule has 0 spiro atoms. The number of ether oxygens (including phenoxy) is 1. The number of aromatic nitrogens is 3. The van der Waals surface area contributed by atoms with Crippen LogP contribution in [0.3, 0.4) is 0 Å². The zero-order chi connectivity index (χ0) is 28.8. The quantitative estimate of drug-likeness (QED) is 0.525. The Bertz CT molecular complexity index is 1290. The lowest BCUT2D eigenvalue weighted by Crippen LogP contribution is -2.51. The number of rotatable bonds is 6. The second-order valence-electron chi connectivity index (χ2n) is 10.8. The Morgan fingerprint density at radius 3 is 2.26 bits per heavy atom. The number of β-amino-alcohol motifs (C(OH)–C–C–N with tert-alkyl or cyclic N) is 1. The third-order valence-corrected chi connectivity index (χ3v) is 8.78. The molecular weight excluding hydrogens is 546 g/mol. The molecule has 0 saturated carbocycles. The number of aliphatic hydroxyl groups is 1. The van der Waals surface area contributed by atoms with E-state index in [0.29, 0.717) is 5.56 Å². The predicted octanol–water partition coefficient (Wildman–Crippen LogP) is 2.96. The molecule has 216 valence electrons. The van der Waals surface area contributed by atoms with Crippen molar-refractivity contribution in [1.29, 1.82) is 0 Å². The van der Waals surface area contributed by atoms with Crippen molar-refractivity contribution < 1.29 is 40.6 Å². The predicted molar refractivity (Wildman–Crippen MR) is 130 cm³/mol. The Morgan fingerprint density at radius 2 is 1.69 bits per heavy atom. The Labute approximate surface area is 223 Å². The van der Waals surface area contributed by atoms with Crippen LogP contribution in [0.25, 0.3) is 0 Å². The lowest BCUT2D eigenvalue weighted by molar-refractivity contribution is -0.189. The van der Waals surface area contributed by atoms with E-state index in [0.717, 1.165) is 13.3 Å². The van der Waals surface area contributed by atoms with Crippen LogP contribution in [0.2, 0.25) is 0 Å². The molecule has 2 saturated heterocycles. The molecule has 2 aromatic rings. The molecule has 2 aliphatic heterocycles. The van der Waals surface area contributed by atoms with E-state index in [4.69, 9.17) is 4.74 Å². The van der Waals surface area contributed by atoms with E-state index in [-0.39, 0.29) is 44.5 Å². The monoisotopic (exact) mass is 577 g/mol. The number of alkyl halides is 3. The summed E-state index contributed by atoms with van der Waals surface area (Å²) in [4.78, 5) is 17.3. The minimum atomic E-state index is -4.68. The van der Waals surface area contributed by atoms with Crippen LogP contribution in [-0.2, 0) is 16.8 Å². The van der Waals surface area contributed by atoms with Crippen LogP contribution in [0.5, 0.6) is 6.01 Å². The molecule has 1 N–H and O–H groups in total. The third-order valence-electron chi connectivity index (χ3n) is 6.82. The first-order chi connectivity index (χ1) is 18.1. The molecule has 1 aromatic carbocycles. The first-order valence-corrected chi connectivity index (χ1v) is 13.9. The Hall–Kier alpha value is -2.62. The van der Waals surface area contributed by atoms with Gasteiger partial charge in [-0.3, -0.25) is 4.79 Å². The van der Waals surface area contributed by atoms with Crippen molar-refractivity contribution in [3.63, 3.8) is 0 Å². The van der Waals surface area contributed by atoms with Crippen molar-refractivity contribution in [1.82, 2.24) is 23.4 Å². The van der Waals surface area contributed by atoms with Gasteiger partial charge in [-0.15, -0.1) is 9.78 Å². The van der Waals surface area contributed by atoms with Crippen LogP contribution < -0.4 is 4.74 Å². The van der Waals surface area contributed by atoms with Gasteiger partial charge in [0.1, 0.15) is 12.4 Å².